The first kappa shape index (κ1) is 17.5. The number of rotatable bonds is 5. The fourth-order valence-corrected chi connectivity index (χ4v) is 1.98. The van der Waals surface area contributed by atoms with Gasteiger partial charge in [-0.2, -0.15) is 10.2 Å². The summed E-state index contributed by atoms with van der Waals surface area (Å²) in [7, 11) is 1.81. The van der Waals surface area contributed by atoms with Crippen LogP contribution in [-0.2, 0) is 16.6 Å². The summed E-state index contributed by atoms with van der Waals surface area (Å²) in [4.78, 5) is 11.7. The molecule has 0 aliphatic heterocycles. The Morgan fingerprint density at radius 1 is 1.42 bits per heavy atom. The first-order valence-electron chi connectivity index (χ1n) is 7.14. The summed E-state index contributed by atoms with van der Waals surface area (Å²) in [6.07, 6.45) is 0. The van der Waals surface area contributed by atoms with Crippen molar-refractivity contribution in [2.45, 2.75) is 13.8 Å². The smallest absolute Gasteiger partial charge is 0.362 e. The number of esters is 1. The van der Waals surface area contributed by atoms with E-state index < -0.39 is 5.97 Å². The van der Waals surface area contributed by atoms with Crippen molar-refractivity contribution in [3.63, 3.8) is 0 Å². The Balaban J connectivity index is 2.22. The molecule has 0 fully saturated rings. The predicted molar refractivity (Wildman–Crippen MR) is 90.3 cm³/mol. The lowest BCUT2D eigenvalue weighted by Gasteiger charge is -2.03. The van der Waals surface area contributed by atoms with Gasteiger partial charge in [0.2, 0.25) is 5.70 Å². The molecule has 0 saturated carbocycles. The number of aromatic nitrogens is 3. The summed E-state index contributed by atoms with van der Waals surface area (Å²) in [5.74, 6) is -0.281. The topological polar surface area (TPSA) is 105 Å². The molecule has 0 unspecified atom stereocenters. The lowest BCUT2D eigenvalue weighted by Crippen LogP contribution is -2.07. The third-order valence-electron chi connectivity index (χ3n) is 3.08. The Hall–Kier alpha value is -2.81. The molecule has 2 aromatic rings. The maximum Gasteiger partial charge on any atom is 0.362 e. The first-order chi connectivity index (χ1) is 11.4. The number of hydrogen-bond acceptors (Lipinski definition) is 7. The highest BCUT2D eigenvalue weighted by molar-refractivity contribution is 7.71. The molecule has 8 nitrogen and oxygen atoms in total. The number of hydrogen-bond donors (Lipinski definition) is 2. The van der Waals surface area contributed by atoms with Crippen LogP contribution in [0, 0.1) is 4.77 Å². The van der Waals surface area contributed by atoms with Gasteiger partial charge >= 0.3 is 5.97 Å². The second-order valence-corrected chi connectivity index (χ2v) is 5.20. The second kappa shape index (κ2) is 7.64. The molecule has 1 aromatic carbocycles. The standard InChI is InChI=1S/C15H17N5O3S/c1-4-23-14(22)12(9(2)21)17-16-11-7-5-10(6-8-11)13-18-19-15(24)20(13)3/h5-8,21H,4H2,1-3H3,(H,19,24)/b12-9+,17-16?. The summed E-state index contributed by atoms with van der Waals surface area (Å²) >= 11 is 5.08. The summed E-state index contributed by atoms with van der Waals surface area (Å²) in [5, 5.41) is 24.1. The van der Waals surface area contributed by atoms with Crippen molar-refractivity contribution in [1.82, 2.24) is 14.8 Å². The second-order valence-electron chi connectivity index (χ2n) is 4.81. The van der Waals surface area contributed by atoms with Crippen molar-refractivity contribution in [1.29, 1.82) is 0 Å². The van der Waals surface area contributed by atoms with E-state index in [1.165, 1.54) is 6.92 Å². The molecule has 0 amide bonds. The van der Waals surface area contributed by atoms with Gasteiger partial charge in [0.15, 0.2) is 10.6 Å². The van der Waals surface area contributed by atoms with E-state index in [9.17, 15) is 9.90 Å². The number of benzene rings is 1. The fourth-order valence-electron chi connectivity index (χ4n) is 1.85. The molecule has 0 spiro atoms. The Morgan fingerprint density at radius 3 is 2.58 bits per heavy atom. The number of aliphatic hydroxyl groups is 1. The van der Waals surface area contributed by atoms with Crippen molar-refractivity contribution < 1.29 is 14.6 Å². The van der Waals surface area contributed by atoms with Crippen LogP contribution in [-0.4, -0.2) is 32.4 Å². The predicted octanol–water partition coefficient (Wildman–Crippen LogP) is 3.58. The van der Waals surface area contributed by atoms with Crippen LogP contribution in [0.15, 0.2) is 46.0 Å². The van der Waals surface area contributed by atoms with Gasteiger partial charge in [0.1, 0.15) is 5.76 Å². The molecule has 126 valence electrons. The monoisotopic (exact) mass is 347 g/mol. The Morgan fingerprint density at radius 2 is 2.08 bits per heavy atom. The quantitative estimate of drug-likeness (QED) is 0.283. The van der Waals surface area contributed by atoms with Gasteiger partial charge in [-0.1, -0.05) is 0 Å². The highest BCUT2D eigenvalue weighted by atomic mass is 32.1. The maximum absolute atomic E-state index is 11.7. The average Bonchev–Trinajstić information content (AvgIpc) is 2.88. The number of carbonyl (C=O) groups excluding carboxylic acids is 1. The Kier molecular flexibility index (Phi) is 5.59. The van der Waals surface area contributed by atoms with Crippen LogP contribution in [0.3, 0.4) is 0 Å². The molecule has 1 heterocycles. The van der Waals surface area contributed by atoms with E-state index in [0.29, 0.717) is 16.3 Å². The van der Waals surface area contributed by atoms with Gasteiger partial charge in [-0.3, -0.25) is 5.10 Å². The highest BCUT2D eigenvalue weighted by Gasteiger charge is 2.14. The van der Waals surface area contributed by atoms with Gasteiger partial charge in [-0.05, 0) is 50.3 Å². The van der Waals surface area contributed by atoms with Crippen molar-refractivity contribution >= 4 is 23.9 Å². The molecule has 9 heteroatoms. The third-order valence-corrected chi connectivity index (χ3v) is 3.45. The van der Waals surface area contributed by atoms with Crippen LogP contribution >= 0.6 is 12.2 Å². The number of nitrogens with one attached hydrogen (secondary N) is 1. The molecule has 2 N–H and O–H groups in total. The molecule has 2 rings (SSSR count). The average molecular weight is 347 g/mol. The van der Waals surface area contributed by atoms with Crippen LogP contribution in [0.5, 0.6) is 0 Å². The van der Waals surface area contributed by atoms with Crippen molar-refractivity contribution in [2.75, 3.05) is 6.61 Å². The number of carbonyl (C=O) groups is 1. The lowest BCUT2D eigenvalue weighted by atomic mass is 10.2. The summed E-state index contributed by atoms with van der Waals surface area (Å²) in [6.45, 7) is 3.20. The highest BCUT2D eigenvalue weighted by Crippen LogP contribution is 2.22. The van der Waals surface area contributed by atoms with E-state index in [2.05, 4.69) is 20.4 Å². The van der Waals surface area contributed by atoms with E-state index in [1.54, 1.807) is 35.8 Å². The molecule has 0 atom stereocenters. The number of ether oxygens (including phenoxy) is 1. The molecular formula is C15H17N5O3S. The van der Waals surface area contributed by atoms with Crippen LogP contribution < -0.4 is 0 Å². The summed E-state index contributed by atoms with van der Waals surface area (Å²) in [6, 6.07) is 7.04. The van der Waals surface area contributed by atoms with Crippen LogP contribution in [0.25, 0.3) is 11.4 Å². The molecule has 0 aliphatic carbocycles. The van der Waals surface area contributed by atoms with Crippen LogP contribution in [0.4, 0.5) is 5.69 Å². The summed E-state index contributed by atoms with van der Waals surface area (Å²) in [5.41, 5.74) is 1.14. The first-order valence-corrected chi connectivity index (χ1v) is 7.55. The molecular weight excluding hydrogens is 330 g/mol. The van der Waals surface area contributed by atoms with Gasteiger partial charge in [0, 0.05) is 12.6 Å². The van der Waals surface area contributed by atoms with Gasteiger partial charge in [-0.15, -0.1) is 5.11 Å². The number of allylic oxidation sites excluding steroid dienone is 1. The number of aliphatic hydroxyl groups excluding tert-OH is 1. The minimum Gasteiger partial charge on any atom is -0.510 e. The van der Waals surface area contributed by atoms with Gasteiger partial charge in [-0.25, -0.2) is 4.79 Å². The fraction of sp³-hybridized carbons (Fsp3) is 0.267. The van der Waals surface area contributed by atoms with Crippen LogP contribution in [0.1, 0.15) is 13.8 Å². The van der Waals surface area contributed by atoms with Crippen molar-refractivity contribution in [3.05, 3.63) is 40.5 Å². The zero-order valence-corrected chi connectivity index (χ0v) is 14.3. The van der Waals surface area contributed by atoms with E-state index in [-0.39, 0.29) is 18.1 Å². The largest absolute Gasteiger partial charge is 0.510 e. The van der Waals surface area contributed by atoms with Crippen LogP contribution in [0.2, 0.25) is 0 Å². The van der Waals surface area contributed by atoms with E-state index in [1.807, 2.05) is 7.05 Å². The molecule has 1 aromatic heterocycles. The zero-order chi connectivity index (χ0) is 17.7. The SMILES string of the molecule is CCOC(=O)/C(N=Nc1ccc(-c2n[nH]c(=S)n2C)cc1)=C(/C)O. The van der Waals surface area contributed by atoms with Crippen molar-refractivity contribution in [3.8, 4) is 11.4 Å². The minimum atomic E-state index is -0.723. The normalized spacial score (nSPS) is 12.3. The van der Waals surface area contributed by atoms with E-state index in [0.717, 1.165) is 5.56 Å². The van der Waals surface area contributed by atoms with Gasteiger partial charge in [0.25, 0.3) is 0 Å². The number of H-pyrrole nitrogens is 1. The lowest BCUT2D eigenvalue weighted by molar-refractivity contribution is -0.138. The minimum absolute atomic E-state index is 0.186. The molecule has 0 saturated heterocycles. The number of nitrogens with zero attached hydrogens (tertiary/aromatic N) is 4. The van der Waals surface area contributed by atoms with E-state index in [4.69, 9.17) is 17.0 Å². The molecule has 0 aliphatic rings. The van der Waals surface area contributed by atoms with Gasteiger partial charge in [0.05, 0.1) is 12.3 Å². The number of azo groups is 1. The Labute approximate surface area is 143 Å². The van der Waals surface area contributed by atoms with E-state index >= 15 is 0 Å². The van der Waals surface area contributed by atoms with Gasteiger partial charge < -0.3 is 14.4 Å². The van der Waals surface area contributed by atoms with Crippen molar-refractivity contribution in [2.24, 2.45) is 17.3 Å². The molecule has 0 bridgehead atoms. The number of aromatic amines is 1. The zero-order valence-electron chi connectivity index (χ0n) is 13.5. The summed E-state index contributed by atoms with van der Waals surface area (Å²) < 4.78 is 7.09. The third kappa shape index (κ3) is 3.93. The molecule has 24 heavy (non-hydrogen) atoms. The molecule has 0 radical (unpaired) electrons. The maximum atomic E-state index is 11.7. The Bertz CT molecular complexity index is 845.